The first-order valence-corrected chi connectivity index (χ1v) is 13.4. The third-order valence-electron chi connectivity index (χ3n) is 6.97. The van der Waals surface area contributed by atoms with Gasteiger partial charge in [-0.15, -0.1) is 0 Å². The van der Waals surface area contributed by atoms with E-state index in [0.29, 0.717) is 35.5 Å². The summed E-state index contributed by atoms with van der Waals surface area (Å²) in [7, 11) is -7.17. The van der Waals surface area contributed by atoms with Crippen LogP contribution in [0.5, 0.6) is 0 Å². The van der Waals surface area contributed by atoms with Crippen LogP contribution < -0.4 is 0 Å². The van der Waals surface area contributed by atoms with E-state index in [0.717, 1.165) is 22.3 Å². The standard InChI is InChI=1S/C23H29NO4S2/c1-15-12-16(2)18(4)23(17(15)3)30(27,28)24-19-10-11-20(24)14-22(13-19)29(25,26)21-8-6-5-7-9-21/h5-9,12,19-20,22H,10-11,13-14H2,1-4H3. The molecule has 0 spiro atoms. The van der Waals surface area contributed by atoms with Crippen LogP contribution in [0.15, 0.2) is 46.2 Å². The summed E-state index contributed by atoms with van der Waals surface area (Å²) in [5, 5.41) is -0.537. The molecule has 2 aromatic rings. The van der Waals surface area contributed by atoms with Gasteiger partial charge in [0, 0.05) is 12.1 Å². The molecule has 2 aliphatic rings. The van der Waals surface area contributed by atoms with E-state index in [9.17, 15) is 16.8 Å². The molecule has 5 nitrogen and oxygen atoms in total. The van der Waals surface area contributed by atoms with Crippen LogP contribution in [0.25, 0.3) is 0 Å². The summed E-state index contributed by atoms with van der Waals surface area (Å²) in [6.45, 7) is 7.61. The third-order valence-corrected chi connectivity index (χ3v) is 11.4. The molecule has 2 bridgehead atoms. The molecule has 162 valence electrons. The SMILES string of the molecule is Cc1cc(C)c(C)c(S(=O)(=O)N2C3CCC2CC(S(=O)(=O)c2ccccc2)C3)c1C. The van der Waals surface area contributed by atoms with Gasteiger partial charge >= 0.3 is 0 Å². The van der Waals surface area contributed by atoms with Crippen molar-refractivity contribution >= 4 is 19.9 Å². The number of hydrogen-bond donors (Lipinski definition) is 0. The minimum absolute atomic E-state index is 0.267. The topological polar surface area (TPSA) is 71.5 Å². The molecule has 2 atom stereocenters. The lowest BCUT2D eigenvalue weighted by atomic mass is 10.0. The molecule has 4 rings (SSSR count). The van der Waals surface area contributed by atoms with Crippen molar-refractivity contribution in [2.24, 2.45) is 0 Å². The molecule has 2 unspecified atom stereocenters. The molecule has 2 heterocycles. The van der Waals surface area contributed by atoms with Crippen molar-refractivity contribution in [3.05, 3.63) is 58.7 Å². The Morgan fingerprint density at radius 1 is 0.800 bits per heavy atom. The average molecular weight is 448 g/mol. The number of nitrogens with zero attached hydrogens (tertiary/aromatic N) is 1. The Bertz CT molecular complexity index is 1150. The second-order valence-corrected chi connectivity index (χ2v) is 12.8. The molecule has 2 aliphatic heterocycles. The maximum absolute atomic E-state index is 13.8. The number of hydrogen-bond acceptors (Lipinski definition) is 4. The molecule has 2 fully saturated rings. The zero-order chi connectivity index (χ0) is 21.8. The summed E-state index contributed by atoms with van der Waals surface area (Å²) < 4.78 is 55.6. The summed E-state index contributed by atoms with van der Waals surface area (Å²) >= 11 is 0. The van der Waals surface area contributed by atoms with Crippen molar-refractivity contribution < 1.29 is 16.8 Å². The third kappa shape index (κ3) is 3.31. The van der Waals surface area contributed by atoms with Gasteiger partial charge in [0.05, 0.1) is 15.0 Å². The molecule has 2 aromatic carbocycles. The first kappa shape index (κ1) is 21.5. The highest BCUT2D eigenvalue weighted by Gasteiger charge is 2.50. The van der Waals surface area contributed by atoms with Crippen molar-refractivity contribution in [1.82, 2.24) is 4.31 Å². The van der Waals surface area contributed by atoms with Crippen LogP contribution in [0.3, 0.4) is 0 Å². The number of aryl methyl sites for hydroxylation is 2. The van der Waals surface area contributed by atoms with Gasteiger partial charge in [0.2, 0.25) is 10.0 Å². The molecule has 0 saturated carbocycles. The molecule has 0 amide bonds. The molecule has 30 heavy (non-hydrogen) atoms. The van der Waals surface area contributed by atoms with E-state index in [1.54, 1.807) is 34.6 Å². The largest absolute Gasteiger partial charge is 0.244 e. The van der Waals surface area contributed by atoms with Crippen LogP contribution in [-0.2, 0) is 19.9 Å². The molecule has 0 aromatic heterocycles. The van der Waals surface area contributed by atoms with Gasteiger partial charge in [-0.1, -0.05) is 24.3 Å². The first-order chi connectivity index (χ1) is 14.0. The summed E-state index contributed by atoms with van der Waals surface area (Å²) in [5.41, 5.74) is 3.50. The lowest BCUT2D eigenvalue weighted by Crippen LogP contribution is -2.49. The van der Waals surface area contributed by atoms with Crippen LogP contribution in [0.4, 0.5) is 0 Å². The molecule has 7 heteroatoms. The van der Waals surface area contributed by atoms with Gasteiger partial charge in [0.15, 0.2) is 9.84 Å². The Hall–Kier alpha value is -1.70. The highest BCUT2D eigenvalue weighted by Crippen LogP contribution is 2.44. The highest BCUT2D eigenvalue weighted by atomic mass is 32.2. The van der Waals surface area contributed by atoms with E-state index in [4.69, 9.17) is 0 Å². The number of sulfonamides is 1. The van der Waals surface area contributed by atoms with Gasteiger partial charge in [0.1, 0.15) is 0 Å². The van der Waals surface area contributed by atoms with E-state index < -0.39 is 25.1 Å². The second-order valence-electron chi connectivity index (χ2n) is 8.76. The van der Waals surface area contributed by atoms with Crippen molar-refractivity contribution in [2.75, 3.05) is 0 Å². The fourth-order valence-electron chi connectivity index (χ4n) is 5.21. The number of benzene rings is 2. The van der Waals surface area contributed by atoms with E-state index in [1.807, 2.05) is 33.8 Å². The average Bonchev–Trinajstić information content (AvgIpc) is 2.98. The highest BCUT2D eigenvalue weighted by molar-refractivity contribution is 7.92. The van der Waals surface area contributed by atoms with Gasteiger partial charge in [-0.05, 0) is 87.8 Å². The number of sulfone groups is 1. The summed E-state index contributed by atoms with van der Waals surface area (Å²) in [6.07, 6.45) is 2.15. The number of piperidine rings is 1. The first-order valence-electron chi connectivity index (χ1n) is 10.4. The summed E-state index contributed by atoms with van der Waals surface area (Å²) in [6, 6.07) is 10.0. The molecule has 2 saturated heterocycles. The molecule has 0 radical (unpaired) electrons. The minimum atomic E-state index is -3.70. The van der Waals surface area contributed by atoms with E-state index in [-0.39, 0.29) is 12.1 Å². The van der Waals surface area contributed by atoms with Crippen LogP contribution >= 0.6 is 0 Å². The molecule has 0 N–H and O–H groups in total. The minimum Gasteiger partial charge on any atom is -0.223 e. The Morgan fingerprint density at radius 3 is 1.80 bits per heavy atom. The fraction of sp³-hybridized carbons (Fsp3) is 0.478. The molecular weight excluding hydrogens is 418 g/mol. The number of rotatable bonds is 4. The monoisotopic (exact) mass is 447 g/mol. The summed E-state index contributed by atoms with van der Waals surface area (Å²) in [5.74, 6) is 0. The maximum atomic E-state index is 13.8. The van der Waals surface area contributed by atoms with Gasteiger partial charge < -0.3 is 0 Å². The fourth-order valence-corrected chi connectivity index (χ4v) is 9.55. The van der Waals surface area contributed by atoms with Crippen LogP contribution in [0.2, 0.25) is 0 Å². The van der Waals surface area contributed by atoms with Crippen molar-refractivity contribution in [1.29, 1.82) is 0 Å². The van der Waals surface area contributed by atoms with Crippen LogP contribution in [0, 0.1) is 27.7 Å². The normalized spacial score (nSPS) is 24.9. The van der Waals surface area contributed by atoms with E-state index in [2.05, 4.69) is 0 Å². The van der Waals surface area contributed by atoms with Gasteiger partial charge in [-0.3, -0.25) is 0 Å². The van der Waals surface area contributed by atoms with Crippen molar-refractivity contribution in [2.45, 2.75) is 80.5 Å². The number of fused-ring (bicyclic) bond motifs is 2. The zero-order valence-electron chi connectivity index (χ0n) is 17.9. The van der Waals surface area contributed by atoms with Crippen molar-refractivity contribution in [3.8, 4) is 0 Å². The van der Waals surface area contributed by atoms with E-state index >= 15 is 0 Å². The zero-order valence-corrected chi connectivity index (χ0v) is 19.6. The quantitative estimate of drug-likeness (QED) is 0.708. The Labute approximate surface area is 180 Å². The van der Waals surface area contributed by atoms with Crippen LogP contribution in [-0.4, -0.2) is 38.5 Å². The van der Waals surface area contributed by atoms with Crippen molar-refractivity contribution in [3.63, 3.8) is 0 Å². The van der Waals surface area contributed by atoms with Gasteiger partial charge in [-0.25, -0.2) is 16.8 Å². The predicted octanol–water partition coefficient (Wildman–Crippen LogP) is 4.08. The molecular formula is C23H29NO4S2. The Kier molecular flexibility index (Phi) is 5.36. The Balaban J connectivity index is 1.70. The lowest BCUT2D eigenvalue weighted by Gasteiger charge is -2.38. The lowest BCUT2D eigenvalue weighted by molar-refractivity contribution is 0.248. The smallest absolute Gasteiger partial charge is 0.223 e. The van der Waals surface area contributed by atoms with Gasteiger partial charge in [0.25, 0.3) is 0 Å². The maximum Gasteiger partial charge on any atom is 0.244 e. The second kappa shape index (κ2) is 7.46. The van der Waals surface area contributed by atoms with E-state index in [1.165, 1.54) is 0 Å². The van der Waals surface area contributed by atoms with Crippen LogP contribution in [0.1, 0.15) is 47.9 Å². The Morgan fingerprint density at radius 2 is 1.30 bits per heavy atom. The molecule has 0 aliphatic carbocycles. The summed E-state index contributed by atoms with van der Waals surface area (Å²) in [4.78, 5) is 0.730. The van der Waals surface area contributed by atoms with Gasteiger partial charge in [-0.2, -0.15) is 4.31 Å². The predicted molar refractivity (Wildman–Crippen MR) is 118 cm³/mol.